The molecule has 1 aromatic rings. The van der Waals surface area contributed by atoms with E-state index in [1.54, 1.807) is 0 Å². The summed E-state index contributed by atoms with van der Waals surface area (Å²) in [5.41, 5.74) is 6.03. The summed E-state index contributed by atoms with van der Waals surface area (Å²) in [5.74, 6) is 0.120. The maximum atomic E-state index is 12.3. The van der Waals surface area contributed by atoms with E-state index >= 15 is 0 Å². The van der Waals surface area contributed by atoms with Gasteiger partial charge >= 0.3 is 0 Å². The Hall–Kier alpha value is -0.160. The predicted octanol–water partition coefficient (Wildman–Crippen LogP) is 1.65. The minimum absolute atomic E-state index is 0.00657. The lowest BCUT2D eigenvalue weighted by Gasteiger charge is -2.14. The lowest BCUT2D eigenvalue weighted by molar-refractivity contribution is 0.570. The van der Waals surface area contributed by atoms with Crippen molar-refractivity contribution in [1.82, 2.24) is 4.72 Å². The third kappa shape index (κ3) is 3.79. The molecule has 1 saturated heterocycles. The molecule has 1 aliphatic heterocycles. The largest absolute Gasteiger partial charge is 0.399 e. The van der Waals surface area contributed by atoms with Crippen LogP contribution in [0.2, 0.25) is 0 Å². The lowest BCUT2D eigenvalue weighted by atomic mass is 10.2. The van der Waals surface area contributed by atoms with E-state index in [1.165, 1.54) is 12.1 Å². The van der Waals surface area contributed by atoms with Gasteiger partial charge in [-0.05, 0) is 56.8 Å². The molecule has 0 aromatic heterocycles. The molecule has 10 heteroatoms. The molecule has 1 atom stereocenters. The van der Waals surface area contributed by atoms with Crippen LogP contribution >= 0.6 is 31.9 Å². The molecule has 6 nitrogen and oxygen atoms in total. The Bertz CT molecular complexity index is 739. The van der Waals surface area contributed by atoms with E-state index in [-0.39, 0.29) is 17.2 Å². The predicted molar refractivity (Wildman–Crippen MR) is 88.3 cm³/mol. The van der Waals surface area contributed by atoms with Gasteiger partial charge in [0.15, 0.2) is 9.84 Å². The monoisotopic (exact) mass is 460 g/mol. The number of nitrogens with one attached hydrogen (secondary N) is 1. The molecule has 0 saturated carbocycles. The summed E-state index contributed by atoms with van der Waals surface area (Å²) in [6, 6.07) is 2.96. The molecule has 118 valence electrons. The van der Waals surface area contributed by atoms with Crippen LogP contribution in [0.15, 0.2) is 26.0 Å². The zero-order valence-corrected chi connectivity index (χ0v) is 15.6. The summed E-state index contributed by atoms with van der Waals surface area (Å²) in [6.07, 6.45) is 1.05. The molecule has 21 heavy (non-hydrogen) atoms. The van der Waals surface area contributed by atoms with Gasteiger partial charge in [0.05, 0.1) is 11.0 Å². The van der Waals surface area contributed by atoms with E-state index in [9.17, 15) is 16.8 Å². The van der Waals surface area contributed by atoms with Gasteiger partial charge in [-0.3, -0.25) is 0 Å². The fourth-order valence-electron chi connectivity index (χ4n) is 2.20. The highest BCUT2D eigenvalue weighted by molar-refractivity contribution is 9.11. The first-order valence-corrected chi connectivity index (χ1v) is 10.9. The van der Waals surface area contributed by atoms with E-state index in [0.29, 0.717) is 27.5 Å². The summed E-state index contributed by atoms with van der Waals surface area (Å²) in [5, 5.41) is -0.654. The molecule has 3 N–H and O–H groups in total. The lowest BCUT2D eigenvalue weighted by Crippen LogP contribution is -2.34. The fraction of sp³-hybridized carbons (Fsp3) is 0.455. The highest BCUT2D eigenvalue weighted by atomic mass is 79.9. The van der Waals surface area contributed by atoms with Crippen molar-refractivity contribution in [2.45, 2.75) is 23.0 Å². The average Bonchev–Trinajstić information content (AvgIpc) is 2.64. The van der Waals surface area contributed by atoms with Crippen molar-refractivity contribution in [3.8, 4) is 0 Å². The van der Waals surface area contributed by atoms with Crippen LogP contribution in [0.25, 0.3) is 0 Å². The van der Waals surface area contributed by atoms with Gasteiger partial charge in [0.1, 0.15) is 4.90 Å². The van der Waals surface area contributed by atoms with Gasteiger partial charge in [-0.25, -0.2) is 21.6 Å². The first-order chi connectivity index (χ1) is 9.63. The van der Waals surface area contributed by atoms with Gasteiger partial charge < -0.3 is 5.73 Å². The van der Waals surface area contributed by atoms with E-state index < -0.39 is 25.1 Å². The van der Waals surface area contributed by atoms with Gasteiger partial charge in [-0.2, -0.15) is 0 Å². The smallest absolute Gasteiger partial charge is 0.242 e. The third-order valence-corrected chi connectivity index (χ3v) is 8.83. The SMILES string of the molecule is Nc1cc(Br)c(S(=O)(=O)NCC2CCCS2(=O)=O)c(Br)c1. The van der Waals surface area contributed by atoms with Crippen molar-refractivity contribution >= 4 is 57.4 Å². The van der Waals surface area contributed by atoms with Gasteiger partial charge in [0.25, 0.3) is 0 Å². The summed E-state index contributed by atoms with van der Waals surface area (Å²) in [7, 11) is -7.03. The van der Waals surface area contributed by atoms with Crippen molar-refractivity contribution in [1.29, 1.82) is 0 Å². The Morgan fingerprint density at radius 1 is 1.29 bits per heavy atom. The van der Waals surface area contributed by atoms with Gasteiger partial charge in [-0.1, -0.05) is 0 Å². The molecular formula is C11H14Br2N2O4S2. The van der Waals surface area contributed by atoms with Crippen LogP contribution in [0.4, 0.5) is 5.69 Å². The topological polar surface area (TPSA) is 106 Å². The van der Waals surface area contributed by atoms with E-state index in [4.69, 9.17) is 5.73 Å². The van der Waals surface area contributed by atoms with Crippen molar-refractivity contribution < 1.29 is 16.8 Å². The van der Waals surface area contributed by atoms with E-state index in [0.717, 1.165) is 0 Å². The Morgan fingerprint density at radius 2 is 1.86 bits per heavy atom. The molecule has 1 aromatic carbocycles. The average molecular weight is 462 g/mol. The molecule has 0 bridgehead atoms. The molecule has 0 radical (unpaired) electrons. The maximum absolute atomic E-state index is 12.3. The first kappa shape index (κ1) is 17.2. The van der Waals surface area contributed by atoms with Crippen LogP contribution in [-0.2, 0) is 19.9 Å². The van der Waals surface area contributed by atoms with E-state index in [2.05, 4.69) is 36.6 Å². The van der Waals surface area contributed by atoms with Gasteiger partial charge in [-0.15, -0.1) is 0 Å². The molecule has 1 heterocycles. The van der Waals surface area contributed by atoms with Crippen molar-refractivity contribution in [2.75, 3.05) is 18.0 Å². The highest BCUT2D eigenvalue weighted by Gasteiger charge is 2.33. The Labute approximate surface area is 140 Å². The van der Waals surface area contributed by atoms with Crippen molar-refractivity contribution in [3.05, 3.63) is 21.1 Å². The zero-order valence-electron chi connectivity index (χ0n) is 10.8. The Kier molecular flexibility index (Phi) is 5.04. The maximum Gasteiger partial charge on any atom is 0.242 e. The number of hydrogen-bond donors (Lipinski definition) is 2. The minimum atomic E-state index is -3.84. The highest BCUT2D eigenvalue weighted by Crippen LogP contribution is 2.32. The van der Waals surface area contributed by atoms with Crippen molar-refractivity contribution in [2.24, 2.45) is 0 Å². The number of benzene rings is 1. The second-order valence-corrected chi connectivity index (χ2v) is 10.6. The number of nitrogens with two attached hydrogens (primary N) is 1. The molecular weight excluding hydrogens is 448 g/mol. The second-order valence-electron chi connectivity index (χ2n) is 4.80. The number of halogens is 2. The zero-order chi connectivity index (χ0) is 15.8. The van der Waals surface area contributed by atoms with Crippen LogP contribution in [-0.4, -0.2) is 34.4 Å². The minimum Gasteiger partial charge on any atom is -0.399 e. The summed E-state index contributed by atoms with van der Waals surface area (Å²) < 4.78 is 51.1. The molecule has 0 amide bonds. The van der Waals surface area contributed by atoms with Crippen LogP contribution in [0.3, 0.4) is 0 Å². The van der Waals surface area contributed by atoms with E-state index in [1.807, 2.05) is 0 Å². The second kappa shape index (κ2) is 6.15. The van der Waals surface area contributed by atoms with Crippen LogP contribution in [0, 0.1) is 0 Å². The number of sulfonamides is 1. The molecule has 0 spiro atoms. The first-order valence-electron chi connectivity index (χ1n) is 6.09. The summed E-state index contributed by atoms with van der Waals surface area (Å²) in [6.45, 7) is -0.117. The molecule has 2 rings (SSSR count). The van der Waals surface area contributed by atoms with Crippen molar-refractivity contribution in [3.63, 3.8) is 0 Å². The van der Waals surface area contributed by atoms with Crippen LogP contribution in [0.5, 0.6) is 0 Å². The number of rotatable bonds is 4. The number of hydrogen-bond acceptors (Lipinski definition) is 5. The Balaban J connectivity index is 2.24. The molecule has 1 aliphatic rings. The summed E-state index contributed by atoms with van der Waals surface area (Å²) >= 11 is 6.32. The molecule has 1 unspecified atom stereocenters. The van der Waals surface area contributed by atoms with Gasteiger partial charge in [0.2, 0.25) is 10.0 Å². The van der Waals surface area contributed by atoms with Crippen LogP contribution in [0.1, 0.15) is 12.8 Å². The third-order valence-electron chi connectivity index (χ3n) is 3.25. The summed E-state index contributed by atoms with van der Waals surface area (Å²) in [4.78, 5) is 0.00657. The standard InChI is InChI=1S/C11H14Br2N2O4S2/c12-9-4-7(14)5-10(13)11(9)21(18,19)15-6-8-2-1-3-20(8,16)17/h4-5,8,15H,1-3,6,14H2. The number of nitrogen functional groups attached to an aromatic ring is 1. The van der Waals surface area contributed by atoms with Crippen LogP contribution < -0.4 is 10.5 Å². The molecule has 1 fully saturated rings. The Morgan fingerprint density at radius 3 is 2.33 bits per heavy atom. The van der Waals surface area contributed by atoms with Gasteiger partial charge in [0, 0.05) is 21.2 Å². The molecule has 0 aliphatic carbocycles. The number of sulfone groups is 1. The fourth-order valence-corrected chi connectivity index (χ4v) is 7.77. The normalized spacial score (nSPS) is 21.5. The quantitative estimate of drug-likeness (QED) is 0.663. The number of anilines is 1.